The molecule has 0 amide bonds. The minimum absolute atomic E-state index is 0.0831. The van der Waals surface area contributed by atoms with Gasteiger partial charge in [0.1, 0.15) is 0 Å². The topological polar surface area (TPSA) is 29.1 Å². The third-order valence-electron chi connectivity index (χ3n) is 1.71. The molecule has 1 saturated heterocycles. The van der Waals surface area contributed by atoms with Gasteiger partial charge in [0.25, 0.3) is 0 Å². The molecular formula is C9H17NOS. The molecule has 3 heteroatoms. The van der Waals surface area contributed by atoms with Crippen molar-refractivity contribution in [2.24, 2.45) is 0 Å². The molecule has 1 aliphatic rings. The lowest BCUT2D eigenvalue weighted by Gasteiger charge is -2.19. The fraction of sp³-hybridized carbons (Fsp3) is 0.778. The van der Waals surface area contributed by atoms with Crippen LogP contribution in [-0.2, 0) is 10.8 Å². The van der Waals surface area contributed by atoms with Crippen LogP contribution >= 0.6 is 0 Å². The van der Waals surface area contributed by atoms with Crippen molar-refractivity contribution in [3.05, 3.63) is 11.1 Å². The van der Waals surface area contributed by atoms with Gasteiger partial charge in [-0.05, 0) is 33.6 Å². The minimum atomic E-state index is -0.697. The fourth-order valence-electron chi connectivity index (χ4n) is 1.06. The predicted molar refractivity (Wildman–Crippen MR) is 53.2 cm³/mol. The largest absolute Gasteiger partial charge is 0.386 e. The summed E-state index contributed by atoms with van der Waals surface area (Å²) in [7, 11) is -0.697. The van der Waals surface area contributed by atoms with Gasteiger partial charge in [-0.25, -0.2) is 0 Å². The van der Waals surface area contributed by atoms with Gasteiger partial charge < -0.3 is 5.32 Å². The van der Waals surface area contributed by atoms with Crippen LogP contribution in [0.3, 0.4) is 0 Å². The van der Waals surface area contributed by atoms with Gasteiger partial charge in [0.15, 0.2) is 0 Å². The molecule has 0 saturated carbocycles. The highest BCUT2D eigenvalue weighted by Gasteiger charge is 2.16. The lowest BCUT2D eigenvalue weighted by atomic mass is 10.1. The zero-order valence-electron chi connectivity index (χ0n) is 8.02. The first-order valence-corrected chi connectivity index (χ1v) is 5.66. The van der Waals surface area contributed by atoms with Crippen molar-refractivity contribution in [3.8, 4) is 0 Å². The van der Waals surface area contributed by atoms with Crippen molar-refractivity contribution in [1.82, 2.24) is 5.32 Å². The van der Waals surface area contributed by atoms with Crippen LogP contribution in [0.2, 0.25) is 0 Å². The van der Waals surface area contributed by atoms with E-state index in [1.807, 2.05) is 6.20 Å². The second-order valence-corrected chi connectivity index (χ2v) is 5.78. The average Bonchev–Trinajstić information content (AvgIpc) is 2.29. The zero-order valence-corrected chi connectivity index (χ0v) is 8.83. The van der Waals surface area contributed by atoms with Crippen molar-refractivity contribution in [2.45, 2.75) is 39.2 Å². The van der Waals surface area contributed by atoms with Gasteiger partial charge in [-0.15, -0.1) is 0 Å². The van der Waals surface area contributed by atoms with E-state index < -0.39 is 10.8 Å². The average molecular weight is 187 g/mol. The number of hydrogen-bond donors (Lipinski definition) is 1. The highest BCUT2D eigenvalue weighted by atomic mass is 32.2. The van der Waals surface area contributed by atoms with Gasteiger partial charge in [-0.2, -0.15) is 0 Å². The van der Waals surface area contributed by atoms with Crippen LogP contribution in [0.25, 0.3) is 0 Å². The van der Waals surface area contributed by atoms with Crippen LogP contribution in [0, 0.1) is 0 Å². The first-order chi connectivity index (χ1) is 5.49. The zero-order chi connectivity index (χ0) is 9.19. The van der Waals surface area contributed by atoms with Crippen LogP contribution < -0.4 is 5.32 Å². The Morgan fingerprint density at radius 3 is 2.58 bits per heavy atom. The van der Waals surface area contributed by atoms with E-state index in [1.54, 1.807) is 0 Å². The molecular weight excluding hydrogens is 170 g/mol. The number of rotatable bonds is 1. The SMILES string of the molecule is CC(C)(C)NC=C1CCCS1=O. The summed E-state index contributed by atoms with van der Waals surface area (Å²) in [5.74, 6) is 0.845. The molecule has 0 bridgehead atoms. The van der Waals surface area contributed by atoms with Gasteiger partial charge in [-0.3, -0.25) is 4.21 Å². The molecule has 1 unspecified atom stereocenters. The molecule has 0 spiro atoms. The van der Waals surface area contributed by atoms with E-state index in [4.69, 9.17) is 0 Å². The van der Waals surface area contributed by atoms with Crippen LogP contribution in [-0.4, -0.2) is 15.5 Å². The Balaban J connectivity index is 2.52. The maximum atomic E-state index is 11.3. The smallest absolute Gasteiger partial charge is 0.0502 e. The van der Waals surface area contributed by atoms with Crippen LogP contribution in [0.5, 0.6) is 0 Å². The van der Waals surface area contributed by atoms with Crippen molar-refractivity contribution < 1.29 is 4.21 Å². The van der Waals surface area contributed by atoms with E-state index in [2.05, 4.69) is 26.1 Å². The third-order valence-corrected chi connectivity index (χ3v) is 3.28. The van der Waals surface area contributed by atoms with Crippen LogP contribution in [0.15, 0.2) is 11.1 Å². The highest BCUT2D eigenvalue weighted by Crippen LogP contribution is 2.19. The monoisotopic (exact) mass is 187 g/mol. The van der Waals surface area contributed by atoms with Crippen molar-refractivity contribution in [1.29, 1.82) is 0 Å². The maximum Gasteiger partial charge on any atom is 0.0502 e. The molecule has 1 rings (SSSR count). The Bertz CT molecular complexity index is 215. The molecule has 2 nitrogen and oxygen atoms in total. The molecule has 1 atom stereocenters. The Morgan fingerprint density at radius 1 is 1.50 bits per heavy atom. The molecule has 0 aliphatic carbocycles. The van der Waals surface area contributed by atoms with Crippen molar-refractivity contribution >= 4 is 10.8 Å². The summed E-state index contributed by atoms with van der Waals surface area (Å²) >= 11 is 0. The first-order valence-electron chi connectivity index (χ1n) is 4.34. The van der Waals surface area contributed by atoms with Crippen molar-refractivity contribution in [2.75, 3.05) is 5.75 Å². The van der Waals surface area contributed by atoms with Gasteiger partial charge in [0.2, 0.25) is 0 Å². The second-order valence-electron chi connectivity index (χ2n) is 4.16. The van der Waals surface area contributed by atoms with Gasteiger partial charge >= 0.3 is 0 Å². The van der Waals surface area contributed by atoms with Crippen LogP contribution in [0.4, 0.5) is 0 Å². The Hall–Kier alpha value is -0.310. The minimum Gasteiger partial charge on any atom is -0.386 e. The highest BCUT2D eigenvalue weighted by molar-refractivity contribution is 7.89. The summed E-state index contributed by atoms with van der Waals surface area (Å²) in [5, 5.41) is 3.24. The number of nitrogens with one attached hydrogen (secondary N) is 1. The van der Waals surface area contributed by atoms with Crippen LogP contribution in [0.1, 0.15) is 33.6 Å². The van der Waals surface area contributed by atoms with E-state index >= 15 is 0 Å². The summed E-state index contributed by atoms with van der Waals surface area (Å²) in [6.07, 6.45) is 4.00. The summed E-state index contributed by atoms with van der Waals surface area (Å²) in [6.45, 7) is 6.30. The standard InChI is InChI=1S/C9H17NOS/c1-9(2,3)10-7-8-5-4-6-12(8)11/h7,10H,4-6H2,1-3H3. The van der Waals surface area contributed by atoms with E-state index in [1.165, 1.54) is 0 Å². The molecule has 1 aliphatic heterocycles. The molecule has 70 valence electrons. The molecule has 0 aromatic rings. The predicted octanol–water partition coefficient (Wildman–Crippen LogP) is 1.76. The van der Waals surface area contributed by atoms with E-state index in [0.29, 0.717) is 0 Å². The lowest BCUT2D eigenvalue weighted by Crippen LogP contribution is -2.31. The number of allylic oxidation sites excluding steroid dienone is 1. The normalized spacial score (nSPS) is 27.9. The quantitative estimate of drug-likeness (QED) is 0.677. The summed E-state index contributed by atoms with van der Waals surface area (Å²) in [5.41, 5.74) is 0.0831. The molecule has 0 aromatic heterocycles. The molecule has 1 fully saturated rings. The van der Waals surface area contributed by atoms with E-state index in [-0.39, 0.29) is 5.54 Å². The molecule has 0 aromatic carbocycles. The second kappa shape index (κ2) is 3.60. The van der Waals surface area contributed by atoms with E-state index in [9.17, 15) is 4.21 Å². The summed E-state index contributed by atoms with van der Waals surface area (Å²) < 4.78 is 11.3. The third kappa shape index (κ3) is 2.97. The molecule has 0 radical (unpaired) electrons. The molecule has 1 N–H and O–H groups in total. The summed E-state index contributed by atoms with van der Waals surface area (Å²) in [4.78, 5) is 1.07. The molecule has 1 heterocycles. The van der Waals surface area contributed by atoms with E-state index in [0.717, 1.165) is 23.5 Å². The van der Waals surface area contributed by atoms with Crippen molar-refractivity contribution in [3.63, 3.8) is 0 Å². The van der Waals surface area contributed by atoms with Gasteiger partial charge in [0.05, 0.1) is 10.8 Å². The lowest BCUT2D eigenvalue weighted by molar-refractivity contribution is 0.490. The Labute approximate surface area is 76.9 Å². The molecule has 12 heavy (non-hydrogen) atoms. The number of hydrogen-bond acceptors (Lipinski definition) is 2. The summed E-state index contributed by atoms with van der Waals surface area (Å²) in [6, 6.07) is 0. The fourth-order valence-corrected chi connectivity index (χ4v) is 2.29. The Morgan fingerprint density at radius 2 is 2.17 bits per heavy atom. The maximum absolute atomic E-state index is 11.3. The Kier molecular flexibility index (Phi) is 2.94. The van der Waals surface area contributed by atoms with Gasteiger partial charge in [0, 0.05) is 22.4 Å². The first kappa shape index (κ1) is 9.78. The van der Waals surface area contributed by atoms with Gasteiger partial charge in [-0.1, -0.05) is 0 Å².